The third-order valence-corrected chi connectivity index (χ3v) is 4.11. The highest BCUT2D eigenvalue weighted by atomic mass is 19.4. The lowest BCUT2D eigenvalue weighted by Crippen LogP contribution is -2.04. The zero-order valence-corrected chi connectivity index (χ0v) is 14.3. The van der Waals surface area contributed by atoms with Crippen LogP contribution in [0, 0.1) is 6.92 Å². The van der Waals surface area contributed by atoms with Crippen LogP contribution in [0.4, 0.5) is 19.1 Å². The van der Waals surface area contributed by atoms with Crippen molar-refractivity contribution in [3.63, 3.8) is 0 Å². The van der Waals surface area contributed by atoms with E-state index >= 15 is 0 Å². The Labute approximate surface area is 149 Å². The topological polar surface area (TPSA) is 45.4 Å². The summed E-state index contributed by atoms with van der Waals surface area (Å²) in [6.07, 6.45) is -4.12. The van der Waals surface area contributed by atoms with Crippen LogP contribution in [0.2, 0.25) is 0 Å². The van der Waals surface area contributed by atoms with Gasteiger partial charge in [0.15, 0.2) is 11.5 Å². The van der Waals surface area contributed by atoms with Crippen LogP contribution < -0.4 is 5.32 Å². The molecule has 0 aliphatic rings. The molecule has 0 aliphatic heterocycles. The molecule has 0 atom stereocenters. The molecule has 0 saturated carbocycles. The predicted octanol–water partition coefficient (Wildman–Crippen LogP) is 5.61. The molecule has 3 nitrogen and oxygen atoms in total. The number of benzene rings is 2. The van der Waals surface area contributed by atoms with Crippen molar-refractivity contribution in [1.82, 2.24) is 0 Å². The van der Waals surface area contributed by atoms with Gasteiger partial charge in [0.05, 0.1) is 11.1 Å². The summed E-state index contributed by atoms with van der Waals surface area (Å²) in [4.78, 5) is 0. The molecule has 6 heteroatoms. The monoisotopic (exact) mass is 361 g/mol. The number of rotatable bonds is 4. The summed E-state index contributed by atoms with van der Waals surface area (Å²) in [6.45, 7) is 1.96. The zero-order chi connectivity index (χ0) is 18.9. The van der Waals surface area contributed by atoms with Crippen molar-refractivity contribution in [3.8, 4) is 16.9 Å². The van der Waals surface area contributed by atoms with Gasteiger partial charge in [-0.1, -0.05) is 42.0 Å². The second-order valence-corrected chi connectivity index (χ2v) is 6.07. The Kier molecular flexibility index (Phi) is 4.68. The standard InChI is InChI=1S/C20H18F3NO2/c1-12-5-3-6-13(9-12)10-16-18(25)17(19(24-2)26-16)14-7-4-8-15(11-14)20(21,22)23/h3-9,11,24-25H,10H2,1-2H3. The fraction of sp³-hybridized carbons (Fsp3) is 0.200. The van der Waals surface area contributed by atoms with Crippen LogP contribution in [0.1, 0.15) is 22.5 Å². The molecule has 0 bridgehead atoms. The number of aryl methyl sites for hydroxylation is 1. The SMILES string of the molecule is CNc1oc(Cc2cccc(C)c2)c(O)c1-c1cccc(C(F)(F)F)c1. The molecule has 0 spiro atoms. The Morgan fingerprint density at radius 2 is 1.81 bits per heavy atom. The van der Waals surface area contributed by atoms with E-state index in [9.17, 15) is 18.3 Å². The van der Waals surface area contributed by atoms with Gasteiger partial charge in [-0.15, -0.1) is 0 Å². The first-order valence-corrected chi connectivity index (χ1v) is 8.05. The van der Waals surface area contributed by atoms with Gasteiger partial charge in [-0.3, -0.25) is 0 Å². The van der Waals surface area contributed by atoms with Crippen LogP contribution >= 0.6 is 0 Å². The van der Waals surface area contributed by atoms with Gasteiger partial charge in [0, 0.05) is 13.5 Å². The molecule has 0 aliphatic carbocycles. The van der Waals surface area contributed by atoms with Crippen molar-refractivity contribution in [2.45, 2.75) is 19.5 Å². The number of aromatic hydroxyl groups is 1. The quantitative estimate of drug-likeness (QED) is 0.635. The molecule has 1 aromatic heterocycles. The van der Waals surface area contributed by atoms with Crippen molar-refractivity contribution >= 4 is 5.88 Å². The van der Waals surface area contributed by atoms with E-state index in [2.05, 4.69) is 5.32 Å². The minimum absolute atomic E-state index is 0.157. The smallest absolute Gasteiger partial charge is 0.416 e. The summed E-state index contributed by atoms with van der Waals surface area (Å²) < 4.78 is 44.7. The predicted molar refractivity (Wildman–Crippen MR) is 94.3 cm³/mol. The number of hydrogen-bond acceptors (Lipinski definition) is 3. The summed E-state index contributed by atoms with van der Waals surface area (Å²) in [6, 6.07) is 12.5. The summed E-state index contributed by atoms with van der Waals surface area (Å²) in [7, 11) is 1.59. The summed E-state index contributed by atoms with van der Waals surface area (Å²) in [5, 5.41) is 13.4. The molecular formula is C20H18F3NO2. The van der Waals surface area contributed by atoms with E-state index in [0.29, 0.717) is 12.2 Å². The maximum Gasteiger partial charge on any atom is 0.416 e. The summed E-state index contributed by atoms with van der Waals surface area (Å²) in [5.41, 5.74) is 1.69. The number of hydrogen-bond donors (Lipinski definition) is 2. The first-order valence-electron chi connectivity index (χ1n) is 8.05. The minimum Gasteiger partial charge on any atom is -0.504 e. The van der Waals surface area contributed by atoms with Crippen molar-refractivity contribution in [2.24, 2.45) is 0 Å². The minimum atomic E-state index is -4.46. The Morgan fingerprint density at radius 1 is 1.08 bits per heavy atom. The van der Waals surface area contributed by atoms with Crippen LogP contribution in [0.3, 0.4) is 0 Å². The molecule has 26 heavy (non-hydrogen) atoms. The summed E-state index contributed by atoms with van der Waals surface area (Å²) >= 11 is 0. The van der Waals surface area contributed by atoms with Gasteiger partial charge in [0.1, 0.15) is 0 Å². The van der Waals surface area contributed by atoms with Crippen LogP contribution in [-0.2, 0) is 12.6 Å². The maximum absolute atomic E-state index is 13.0. The van der Waals surface area contributed by atoms with Gasteiger partial charge in [-0.05, 0) is 30.2 Å². The molecule has 2 N–H and O–H groups in total. The first-order chi connectivity index (χ1) is 12.3. The molecule has 2 aromatic carbocycles. The largest absolute Gasteiger partial charge is 0.504 e. The molecule has 136 valence electrons. The Bertz CT molecular complexity index is 929. The average molecular weight is 361 g/mol. The second-order valence-electron chi connectivity index (χ2n) is 6.07. The lowest BCUT2D eigenvalue weighted by Gasteiger charge is -2.09. The van der Waals surface area contributed by atoms with Gasteiger partial charge in [-0.2, -0.15) is 13.2 Å². The normalized spacial score (nSPS) is 11.6. The van der Waals surface area contributed by atoms with Gasteiger partial charge in [-0.25, -0.2) is 0 Å². The molecule has 0 amide bonds. The fourth-order valence-electron chi connectivity index (χ4n) is 2.89. The lowest BCUT2D eigenvalue weighted by molar-refractivity contribution is -0.137. The lowest BCUT2D eigenvalue weighted by atomic mass is 10.0. The summed E-state index contributed by atoms with van der Waals surface area (Å²) in [5.74, 6) is 0.368. The van der Waals surface area contributed by atoms with Gasteiger partial charge >= 0.3 is 6.18 Å². The highest BCUT2D eigenvalue weighted by Gasteiger charge is 2.31. The number of anilines is 1. The van der Waals surface area contributed by atoms with E-state index in [-0.39, 0.29) is 22.8 Å². The number of halogens is 3. The molecule has 3 rings (SSSR count). The zero-order valence-electron chi connectivity index (χ0n) is 14.3. The van der Waals surface area contributed by atoms with Crippen LogP contribution in [0.15, 0.2) is 52.9 Å². The molecule has 0 saturated heterocycles. The second kappa shape index (κ2) is 6.78. The van der Waals surface area contributed by atoms with Gasteiger partial charge in [0.25, 0.3) is 0 Å². The van der Waals surface area contributed by atoms with E-state index < -0.39 is 11.7 Å². The fourth-order valence-corrected chi connectivity index (χ4v) is 2.89. The molecule has 0 radical (unpaired) electrons. The molecule has 0 unspecified atom stereocenters. The van der Waals surface area contributed by atoms with Crippen LogP contribution in [-0.4, -0.2) is 12.2 Å². The third kappa shape index (κ3) is 3.54. The first kappa shape index (κ1) is 17.9. The van der Waals surface area contributed by atoms with Crippen molar-refractivity contribution in [1.29, 1.82) is 0 Å². The Morgan fingerprint density at radius 3 is 2.46 bits per heavy atom. The van der Waals surface area contributed by atoms with Gasteiger partial charge in [0.2, 0.25) is 5.88 Å². The third-order valence-electron chi connectivity index (χ3n) is 4.11. The maximum atomic E-state index is 13.0. The highest BCUT2D eigenvalue weighted by molar-refractivity contribution is 5.81. The number of alkyl halides is 3. The Balaban J connectivity index is 2.04. The highest BCUT2D eigenvalue weighted by Crippen LogP contribution is 2.43. The van der Waals surface area contributed by atoms with E-state index in [1.807, 2.05) is 31.2 Å². The van der Waals surface area contributed by atoms with E-state index in [4.69, 9.17) is 4.42 Å². The molecular weight excluding hydrogens is 343 g/mol. The van der Waals surface area contributed by atoms with Crippen LogP contribution in [0.5, 0.6) is 5.75 Å². The van der Waals surface area contributed by atoms with Crippen LogP contribution in [0.25, 0.3) is 11.1 Å². The molecule has 1 heterocycles. The van der Waals surface area contributed by atoms with Gasteiger partial charge < -0.3 is 14.8 Å². The average Bonchev–Trinajstić information content (AvgIpc) is 2.90. The van der Waals surface area contributed by atoms with E-state index in [1.165, 1.54) is 12.1 Å². The number of furan rings is 1. The van der Waals surface area contributed by atoms with Crippen molar-refractivity contribution in [2.75, 3.05) is 12.4 Å². The van der Waals surface area contributed by atoms with Crippen molar-refractivity contribution in [3.05, 3.63) is 71.0 Å². The Hall–Kier alpha value is -2.89. The van der Waals surface area contributed by atoms with Crippen molar-refractivity contribution < 1.29 is 22.7 Å². The molecule has 3 aromatic rings. The number of nitrogens with one attached hydrogen (secondary N) is 1. The van der Waals surface area contributed by atoms with E-state index in [0.717, 1.165) is 23.3 Å². The van der Waals surface area contributed by atoms with E-state index in [1.54, 1.807) is 7.05 Å². The molecule has 0 fully saturated rings.